The molecule has 5 nitrogen and oxygen atoms in total. The number of anilines is 1. The average Bonchev–Trinajstić information content (AvgIpc) is 3.17. The zero-order valence-electron chi connectivity index (χ0n) is 17.7. The largest absolute Gasteiger partial charge is 0.325 e. The Kier molecular flexibility index (Phi) is 5.60. The highest BCUT2D eigenvalue weighted by atomic mass is 32.2. The molecule has 1 heterocycles. The van der Waals surface area contributed by atoms with E-state index in [1.165, 1.54) is 28.1 Å². The van der Waals surface area contributed by atoms with Crippen LogP contribution in [0.15, 0.2) is 90.1 Å². The lowest BCUT2D eigenvalue weighted by Crippen LogP contribution is -2.14. The summed E-state index contributed by atoms with van der Waals surface area (Å²) in [5.74, 6) is 1.08. The third kappa shape index (κ3) is 4.22. The zero-order chi connectivity index (χ0) is 21.9. The van der Waals surface area contributed by atoms with E-state index in [9.17, 15) is 4.79 Å². The van der Waals surface area contributed by atoms with E-state index in [2.05, 4.69) is 58.0 Å². The van der Waals surface area contributed by atoms with Gasteiger partial charge in [0.1, 0.15) is 5.82 Å². The standard InChI is InChI=1S/C26H22N4OS/c1-30-24(16-21-11-6-10-19-8-4-5-12-23(19)21)28-29-26(30)32-17-25(31)27-22-14-13-18-7-2-3-9-20(18)15-22/h2-15H,16-17H2,1H3,(H,27,31). The van der Waals surface area contributed by atoms with Crippen LogP contribution >= 0.6 is 11.8 Å². The molecule has 4 aromatic carbocycles. The Balaban J connectivity index is 1.25. The maximum absolute atomic E-state index is 12.5. The topological polar surface area (TPSA) is 59.8 Å². The Labute approximate surface area is 190 Å². The van der Waals surface area contributed by atoms with Crippen LogP contribution in [-0.2, 0) is 18.3 Å². The van der Waals surface area contributed by atoms with Gasteiger partial charge in [-0.05, 0) is 39.2 Å². The van der Waals surface area contributed by atoms with Crippen molar-refractivity contribution < 1.29 is 4.79 Å². The molecule has 0 aliphatic heterocycles. The summed E-state index contributed by atoms with van der Waals surface area (Å²) in [5.41, 5.74) is 2.01. The van der Waals surface area contributed by atoms with Crippen molar-refractivity contribution in [1.29, 1.82) is 0 Å². The zero-order valence-corrected chi connectivity index (χ0v) is 18.5. The summed E-state index contributed by atoms with van der Waals surface area (Å²) >= 11 is 1.39. The van der Waals surface area contributed by atoms with Crippen molar-refractivity contribution in [2.24, 2.45) is 7.05 Å². The van der Waals surface area contributed by atoms with Gasteiger partial charge in [-0.1, -0.05) is 84.6 Å². The third-order valence-corrected chi connectivity index (χ3v) is 6.54. The summed E-state index contributed by atoms with van der Waals surface area (Å²) in [6, 6.07) is 28.7. The predicted molar refractivity (Wildman–Crippen MR) is 131 cm³/mol. The lowest BCUT2D eigenvalue weighted by molar-refractivity contribution is -0.113. The molecule has 1 N–H and O–H groups in total. The molecule has 6 heteroatoms. The summed E-state index contributed by atoms with van der Waals surface area (Å²) in [6.07, 6.45) is 0.689. The van der Waals surface area contributed by atoms with E-state index >= 15 is 0 Å². The van der Waals surface area contributed by atoms with Gasteiger partial charge in [0, 0.05) is 19.2 Å². The predicted octanol–water partition coefficient (Wildman–Crippen LogP) is 5.44. The Morgan fingerprint density at radius 1 is 0.875 bits per heavy atom. The van der Waals surface area contributed by atoms with Crippen LogP contribution in [0.3, 0.4) is 0 Å². The quantitative estimate of drug-likeness (QED) is 0.359. The fourth-order valence-corrected chi connectivity index (χ4v) is 4.57. The Hall–Kier alpha value is -3.64. The van der Waals surface area contributed by atoms with Gasteiger partial charge in [0.25, 0.3) is 0 Å². The number of carbonyl (C=O) groups excluding carboxylic acids is 1. The number of nitrogens with one attached hydrogen (secondary N) is 1. The van der Waals surface area contributed by atoms with Crippen LogP contribution in [-0.4, -0.2) is 26.4 Å². The molecule has 32 heavy (non-hydrogen) atoms. The smallest absolute Gasteiger partial charge is 0.234 e. The van der Waals surface area contributed by atoms with Crippen LogP contribution in [0.25, 0.3) is 21.5 Å². The van der Waals surface area contributed by atoms with E-state index in [0.29, 0.717) is 6.42 Å². The Bertz CT molecular complexity index is 1420. The first-order valence-electron chi connectivity index (χ1n) is 10.4. The molecule has 0 aliphatic rings. The maximum atomic E-state index is 12.5. The second-order valence-corrected chi connectivity index (χ2v) is 8.61. The van der Waals surface area contributed by atoms with Crippen molar-refractivity contribution in [3.05, 3.63) is 96.3 Å². The maximum Gasteiger partial charge on any atom is 0.234 e. The lowest BCUT2D eigenvalue weighted by Gasteiger charge is -2.08. The summed E-state index contributed by atoms with van der Waals surface area (Å²) in [4.78, 5) is 12.5. The van der Waals surface area contributed by atoms with Crippen molar-refractivity contribution in [3.8, 4) is 0 Å². The van der Waals surface area contributed by atoms with Crippen LogP contribution in [0.5, 0.6) is 0 Å². The first kappa shape index (κ1) is 20.3. The molecule has 0 radical (unpaired) electrons. The lowest BCUT2D eigenvalue weighted by atomic mass is 10.0. The fraction of sp³-hybridized carbons (Fsp3) is 0.115. The molecule has 0 aliphatic carbocycles. The summed E-state index contributed by atoms with van der Waals surface area (Å²) < 4.78 is 1.97. The van der Waals surface area contributed by atoms with Gasteiger partial charge in [0.2, 0.25) is 5.91 Å². The summed E-state index contributed by atoms with van der Waals surface area (Å²) in [7, 11) is 1.95. The highest BCUT2D eigenvalue weighted by molar-refractivity contribution is 7.99. The van der Waals surface area contributed by atoms with E-state index in [0.717, 1.165) is 27.4 Å². The minimum Gasteiger partial charge on any atom is -0.325 e. The van der Waals surface area contributed by atoms with Crippen LogP contribution in [0.2, 0.25) is 0 Å². The molecule has 1 aromatic heterocycles. The van der Waals surface area contributed by atoms with Crippen molar-refractivity contribution in [3.63, 3.8) is 0 Å². The molecule has 5 rings (SSSR count). The van der Waals surface area contributed by atoms with Gasteiger partial charge in [0.15, 0.2) is 5.16 Å². The van der Waals surface area contributed by atoms with Crippen molar-refractivity contribution in [2.75, 3.05) is 11.1 Å². The van der Waals surface area contributed by atoms with Gasteiger partial charge in [0.05, 0.1) is 5.75 Å². The number of amides is 1. The van der Waals surface area contributed by atoms with E-state index in [1.54, 1.807) is 0 Å². The van der Waals surface area contributed by atoms with E-state index in [4.69, 9.17) is 0 Å². The molecule has 0 saturated carbocycles. The van der Waals surface area contributed by atoms with E-state index in [-0.39, 0.29) is 11.7 Å². The average molecular weight is 439 g/mol. The number of rotatable bonds is 6. The number of fused-ring (bicyclic) bond motifs is 2. The molecule has 0 saturated heterocycles. The van der Waals surface area contributed by atoms with Crippen LogP contribution in [0.4, 0.5) is 5.69 Å². The van der Waals surface area contributed by atoms with Crippen molar-refractivity contribution in [2.45, 2.75) is 11.6 Å². The van der Waals surface area contributed by atoms with Gasteiger partial charge in [-0.3, -0.25) is 4.79 Å². The second-order valence-electron chi connectivity index (χ2n) is 7.67. The first-order valence-corrected chi connectivity index (χ1v) is 11.4. The molecule has 0 spiro atoms. The molecule has 5 aromatic rings. The fourth-order valence-electron chi connectivity index (χ4n) is 3.84. The van der Waals surface area contributed by atoms with Gasteiger partial charge in [-0.15, -0.1) is 10.2 Å². The molecular weight excluding hydrogens is 416 g/mol. The minimum absolute atomic E-state index is 0.0658. The second kappa shape index (κ2) is 8.85. The SMILES string of the molecule is Cn1c(Cc2cccc3ccccc23)nnc1SCC(=O)Nc1ccc2ccccc2c1. The number of aromatic nitrogens is 3. The number of hydrogen-bond acceptors (Lipinski definition) is 4. The highest BCUT2D eigenvalue weighted by Crippen LogP contribution is 2.23. The van der Waals surface area contributed by atoms with Crippen LogP contribution in [0.1, 0.15) is 11.4 Å². The molecule has 0 bridgehead atoms. The molecule has 0 fully saturated rings. The summed E-state index contributed by atoms with van der Waals surface area (Å²) in [6.45, 7) is 0. The number of hydrogen-bond donors (Lipinski definition) is 1. The first-order chi connectivity index (χ1) is 15.7. The van der Waals surface area contributed by atoms with Crippen LogP contribution in [0, 0.1) is 0 Å². The molecule has 0 atom stereocenters. The van der Waals surface area contributed by atoms with E-state index in [1.807, 2.05) is 54.1 Å². The number of nitrogens with zero attached hydrogens (tertiary/aromatic N) is 3. The normalized spacial score (nSPS) is 11.2. The van der Waals surface area contributed by atoms with Crippen molar-refractivity contribution in [1.82, 2.24) is 14.8 Å². The third-order valence-electron chi connectivity index (χ3n) is 5.52. The molecule has 1 amide bonds. The molecule has 0 unspecified atom stereocenters. The monoisotopic (exact) mass is 438 g/mol. The number of thioether (sulfide) groups is 1. The summed E-state index contributed by atoms with van der Waals surface area (Å²) in [5, 5.41) is 17.1. The van der Waals surface area contributed by atoms with Gasteiger partial charge in [-0.2, -0.15) is 0 Å². The Morgan fingerprint density at radius 3 is 2.50 bits per heavy atom. The number of benzene rings is 4. The highest BCUT2D eigenvalue weighted by Gasteiger charge is 2.13. The van der Waals surface area contributed by atoms with Gasteiger partial charge in [-0.25, -0.2) is 0 Å². The Morgan fingerprint density at radius 2 is 1.62 bits per heavy atom. The molecule has 158 valence electrons. The van der Waals surface area contributed by atoms with Crippen molar-refractivity contribution >= 4 is 44.9 Å². The number of carbonyl (C=O) groups is 1. The van der Waals surface area contributed by atoms with Crippen LogP contribution < -0.4 is 5.32 Å². The van der Waals surface area contributed by atoms with Gasteiger partial charge < -0.3 is 9.88 Å². The van der Waals surface area contributed by atoms with Gasteiger partial charge >= 0.3 is 0 Å². The minimum atomic E-state index is -0.0658. The molecular formula is C26H22N4OS. The van der Waals surface area contributed by atoms with E-state index < -0.39 is 0 Å².